The molecule has 17 heavy (non-hydrogen) atoms. The Morgan fingerprint density at radius 3 is 2.88 bits per heavy atom. The molecule has 2 amide bonds. The number of unbranched alkanes of at least 4 members (excludes halogenated alkanes) is 3. The summed E-state index contributed by atoms with van der Waals surface area (Å²) >= 11 is 0. The molecule has 2 N–H and O–H groups in total. The van der Waals surface area contributed by atoms with E-state index in [1.165, 1.54) is 19.3 Å². The molecule has 0 saturated carbocycles. The molecular formula is C13H21N3O. The highest BCUT2D eigenvalue weighted by atomic mass is 16.2. The zero-order chi connectivity index (χ0) is 12.3. The van der Waals surface area contributed by atoms with Crippen molar-refractivity contribution in [3.05, 3.63) is 30.1 Å². The van der Waals surface area contributed by atoms with Crippen LogP contribution < -0.4 is 10.6 Å². The summed E-state index contributed by atoms with van der Waals surface area (Å²) in [5.41, 5.74) is 1.01. The number of carbonyl (C=O) groups excluding carboxylic acids is 1. The number of pyridine rings is 1. The number of hydrogen-bond donors (Lipinski definition) is 2. The summed E-state index contributed by atoms with van der Waals surface area (Å²) in [7, 11) is 0. The van der Waals surface area contributed by atoms with Crippen LogP contribution in [-0.4, -0.2) is 17.6 Å². The minimum absolute atomic E-state index is 0.106. The van der Waals surface area contributed by atoms with Gasteiger partial charge in [0.25, 0.3) is 0 Å². The van der Waals surface area contributed by atoms with Gasteiger partial charge < -0.3 is 10.6 Å². The lowest BCUT2D eigenvalue weighted by Gasteiger charge is -2.07. The van der Waals surface area contributed by atoms with Crippen molar-refractivity contribution < 1.29 is 4.79 Å². The Morgan fingerprint density at radius 1 is 1.29 bits per heavy atom. The van der Waals surface area contributed by atoms with Crippen molar-refractivity contribution in [2.45, 2.75) is 39.2 Å². The van der Waals surface area contributed by atoms with Crippen LogP contribution in [0.3, 0.4) is 0 Å². The van der Waals surface area contributed by atoms with Crippen LogP contribution >= 0.6 is 0 Å². The van der Waals surface area contributed by atoms with Gasteiger partial charge in [0.05, 0.1) is 0 Å². The molecule has 0 atom stereocenters. The summed E-state index contributed by atoms with van der Waals surface area (Å²) in [5, 5.41) is 5.64. The van der Waals surface area contributed by atoms with Crippen LogP contribution in [0.1, 0.15) is 38.2 Å². The Morgan fingerprint density at radius 2 is 2.18 bits per heavy atom. The fourth-order valence-corrected chi connectivity index (χ4v) is 1.50. The number of nitrogens with one attached hydrogen (secondary N) is 2. The number of hydrogen-bond acceptors (Lipinski definition) is 2. The first-order valence-electron chi connectivity index (χ1n) is 6.23. The standard InChI is InChI=1S/C13H21N3O/c1-2-3-4-5-9-15-13(17)16-11-12-7-6-8-14-10-12/h6-8,10H,2-5,9,11H2,1H3,(H2,15,16,17). The van der Waals surface area contributed by atoms with Crippen molar-refractivity contribution in [3.8, 4) is 0 Å². The van der Waals surface area contributed by atoms with E-state index in [0.29, 0.717) is 6.54 Å². The number of urea groups is 1. The molecule has 4 nitrogen and oxygen atoms in total. The number of rotatable bonds is 7. The first-order chi connectivity index (χ1) is 8.33. The van der Waals surface area contributed by atoms with Gasteiger partial charge in [0, 0.05) is 25.5 Å². The van der Waals surface area contributed by atoms with Gasteiger partial charge in [-0.3, -0.25) is 4.98 Å². The topological polar surface area (TPSA) is 54.0 Å². The Labute approximate surface area is 103 Å². The fourth-order valence-electron chi connectivity index (χ4n) is 1.50. The van der Waals surface area contributed by atoms with Gasteiger partial charge in [0.2, 0.25) is 0 Å². The number of nitrogens with zero attached hydrogens (tertiary/aromatic N) is 1. The zero-order valence-electron chi connectivity index (χ0n) is 10.4. The van der Waals surface area contributed by atoms with Crippen molar-refractivity contribution in [2.75, 3.05) is 6.54 Å². The van der Waals surface area contributed by atoms with Gasteiger partial charge in [-0.1, -0.05) is 32.3 Å². The largest absolute Gasteiger partial charge is 0.338 e. The fraction of sp³-hybridized carbons (Fsp3) is 0.538. The molecule has 0 bridgehead atoms. The minimum atomic E-state index is -0.106. The quantitative estimate of drug-likeness (QED) is 0.713. The Kier molecular flexibility index (Phi) is 6.79. The average Bonchev–Trinajstić information content (AvgIpc) is 2.37. The normalized spacial score (nSPS) is 9.94. The van der Waals surface area contributed by atoms with E-state index in [0.717, 1.165) is 18.5 Å². The third kappa shape index (κ3) is 6.56. The van der Waals surface area contributed by atoms with Crippen LogP contribution in [0.25, 0.3) is 0 Å². The number of aromatic nitrogens is 1. The molecule has 1 aromatic heterocycles. The maximum absolute atomic E-state index is 11.4. The predicted octanol–water partition coefficient (Wildman–Crippen LogP) is 2.46. The molecule has 1 aromatic rings. The Bertz CT molecular complexity index is 314. The highest BCUT2D eigenvalue weighted by Gasteiger charge is 1.99. The maximum atomic E-state index is 11.4. The first kappa shape index (κ1) is 13.5. The summed E-state index contributed by atoms with van der Waals surface area (Å²) < 4.78 is 0. The van der Waals surface area contributed by atoms with Crippen molar-refractivity contribution in [1.82, 2.24) is 15.6 Å². The lowest BCUT2D eigenvalue weighted by atomic mass is 10.2. The monoisotopic (exact) mass is 235 g/mol. The van der Waals surface area contributed by atoms with E-state index < -0.39 is 0 Å². The molecule has 1 rings (SSSR count). The van der Waals surface area contributed by atoms with Crippen LogP contribution in [0.2, 0.25) is 0 Å². The predicted molar refractivity (Wildman–Crippen MR) is 68.6 cm³/mol. The van der Waals surface area contributed by atoms with Gasteiger partial charge in [-0.05, 0) is 18.1 Å². The highest BCUT2D eigenvalue weighted by Crippen LogP contribution is 1.97. The summed E-state index contributed by atoms with van der Waals surface area (Å²) in [4.78, 5) is 15.4. The smallest absolute Gasteiger partial charge is 0.315 e. The summed E-state index contributed by atoms with van der Waals surface area (Å²) in [6.45, 7) is 3.45. The first-order valence-corrected chi connectivity index (χ1v) is 6.23. The Balaban J connectivity index is 2.05. The summed E-state index contributed by atoms with van der Waals surface area (Å²) in [5.74, 6) is 0. The molecule has 94 valence electrons. The van der Waals surface area contributed by atoms with Crippen molar-refractivity contribution in [3.63, 3.8) is 0 Å². The van der Waals surface area contributed by atoms with Crippen molar-refractivity contribution in [2.24, 2.45) is 0 Å². The highest BCUT2D eigenvalue weighted by molar-refractivity contribution is 5.73. The van der Waals surface area contributed by atoms with Crippen LogP contribution in [0.4, 0.5) is 4.79 Å². The van der Waals surface area contributed by atoms with E-state index in [9.17, 15) is 4.79 Å². The molecule has 0 unspecified atom stereocenters. The van der Waals surface area contributed by atoms with Gasteiger partial charge in [-0.15, -0.1) is 0 Å². The lowest BCUT2D eigenvalue weighted by molar-refractivity contribution is 0.240. The Hall–Kier alpha value is -1.58. The second-order valence-electron chi connectivity index (χ2n) is 4.03. The molecule has 0 aromatic carbocycles. The van der Waals surface area contributed by atoms with E-state index in [2.05, 4.69) is 22.5 Å². The van der Waals surface area contributed by atoms with Gasteiger partial charge in [0.15, 0.2) is 0 Å². The third-order valence-corrected chi connectivity index (χ3v) is 2.49. The molecule has 0 saturated heterocycles. The van der Waals surface area contributed by atoms with Crippen molar-refractivity contribution in [1.29, 1.82) is 0 Å². The van der Waals surface area contributed by atoms with Crippen LogP contribution in [0.5, 0.6) is 0 Å². The minimum Gasteiger partial charge on any atom is -0.338 e. The van der Waals surface area contributed by atoms with Gasteiger partial charge >= 0.3 is 6.03 Å². The molecule has 4 heteroatoms. The number of carbonyl (C=O) groups is 1. The van der Waals surface area contributed by atoms with Crippen LogP contribution in [0.15, 0.2) is 24.5 Å². The molecule has 0 aliphatic carbocycles. The zero-order valence-corrected chi connectivity index (χ0v) is 10.4. The molecule has 1 heterocycles. The SMILES string of the molecule is CCCCCCNC(=O)NCc1cccnc1. The molecule has 0 aliphatic heterocycles. The van der Waals surface area contributed by atoms with E-state index in [-0.39, 0.29) is 6.03 Å². The van der Waals surface area contributed by atoms with E-state index in [1.807, 2.05) is 12.1 Å². The second-order valence-corrected chi connectivity index (χ2v) is 4.03. The average molecular weight is 235 g/mol. The molecular weight excluding hydrogens is 214 g/mol. The molecule has 0 radical (unpaired) electrons. The van der Waals surface area contributed by atoms with E-state index in [4.69, 9.17) is 0 Å². The van der Waals surface area contributed by atoms with Crippen LogP contribution in [-0.2, 0) is 6.54 Å². The van der Waals surface area contributed by atoms with Gasteiger partial charge in [-0.2, -0.15) is 0 Å². The maximum Gasteiger partial charge on any atom is 0.315 e. The summed E-state index contributed by atoms with van der Waals surface area (Å²) in [6, 6.07) is 3.69. The van der Waals surface area contributed by atoms with Crippen LogP contribution in [0, 0.1) is 0 Å². The van der Waals surface area contributed by atoms with Gasteiger partial charge in [-0.25, -0.2) is 4.79 Å². The van der Waals surface area contributed by atoms with Gasteiger partial charge in [0.1, 0.15) is 0 Å². The molecule has 0 spiro atoms. The lowest BCUT2D eigenvalue weighted by Crippen LogP contribution is -2.35. The number of amides is 2. The van der Waals surface area contributed by atoms with Crippen molar-refractivity contribution >= 4 is 6.03 Å². The third-order valence-electron chi connectivity index (χ3n) is 2.49. The molecule has 0 aliphatic rings. The molecule has 0 fully saturated rings. The van der Waals surface area contributed by atoms with E-state index >= 15 is 0 Å². The summed E-state index contributed by atoms with van der Waals surface area (Å²) in [6.07, 6.45) is 8.15. The second kappa shape index (κ2) is 8.56. The van der Waals surface area contributed by atoms with E-state index in [1.54, 1.807) is 12.4 Å².